The lowest BCUT2D eigenvalue weighted by atomic mass is 9.93. The monoisotopic (exact) mass is 416 g/mol. The molecule has 0 bridgehead atoms. The van der Waals surface area contributed by atoms with E-state index in [0.717, 1.165) is 47.1 Å². The van der Waals surface area contributed by atoms with E-state index in [2.05, 4.69) is 16.0 Å². The van der Waals surface area contributed by atoms with E-state index in [9.17, 15) is 14.7 Å². The quantitative estimate of drug-likeness (QED) is 0.479. The van der Waals surface area contributed by atoms with Gasteiger partial charge in [0, 0.05) is 23.1 Å². The molecule has 1 aliphatic rings. The summed E-state index contributed by atoms with van der Waals surface area (Å²) in [7, 11) is 1.92. The number of aromatic amines is 2. The highest BCUT2D eigenvalue weighted by atomic mass is 16.3. The van der Waals surface area contributed by atoms with Crippen LogP contribution in [0, 0.1) is 0 Å². The number of aryl methyl sites for hydroxylation is 1. The molecule has 0 saturated carbocycles. The molecular formula is C24H24N4O3. The lowest BCUT2D eigenvalue weighted by Crippen LogP contribution is -2.39. The van der Waals surface area contributed by atoms with E-state index >= 15 is 0 Å². The van der Waals surface area contributed by atoms with E-state index in [1.807, 2.05) is 49.2 Å². The summed E-state index contributed by atoms with van der Waals surface area (Å²) in [5, 5.41) is 12.3. The maximum absolute atomic E-state index is 12.9. The average molecular weight is 416 g/mol. The number of aromatic nitrogens is 3. The normalized spacial score (nSPS) is 16.5. The van der Waals surface area contributed by atoms with Gasteiger partial charge in [-0.2, -0.15) is 0 Å². The van der Waals surface area contributed by atoms with E-state index in [0.29, 0.717) is 5.69 Å². The minimum absolute atomic E-state index is 0.161. The predicted molar refractivity (Wildman–Crippen MR) is 120 cm³/mol. The molecule has 7 heteroatoms. The Balaban J connectivity index is 1.74. The summed E-state index contributed by atoms with van der Waals surface area (Å²) < 4.78 is 1.17. The van der Waals surface area contributed by atoms with Crippen LogP contribution in [0.1, 0.15) is 35.3 Å². The molecule has 2 aromatic carbocycles. The summed E-state index contributed by atoms with van der Waals surface area (Å²) in [5.74, 6) is -0.332. The summed E-state index contributed by atoms with van der Waals surface area (Å²) in [4.78, 5) is 33.5. The molecule has 0 unspecified atom stereocenters. The van der Waals surface area contributed by atoms with Crippen molar-refractivity contribution in [2.45, 2.75) is 25.8 Å². The number of nitrogens with one attached hydrogen (secondary N) is 2. The van der Waals surface area contributed by atoms with Crippen LogP contribution in [0.3, 0.4) is 0 Å². The van der Waals surface area contributed by atoms with Gasteiger partial charge in [-0.15, -0.1) is 0 Å². The minimum atomic E-state index is -0.661. The van der Waals surface area contributed by atoms with Gasteiger partial charge in [-0.3, -0.25) is 14.7 Å². The number of benzene rings is 2. The minimum Gasteiger partial charge on any atom is -0.494 e. The molecule has 31 heavy (non-hydrogen) atoms. The van der Waals surface area contributed by atoms with Crippen molar-refractivity contribution < 1.29 is 5.11 Å². The standard InChI is InChI=1S/C24H24N4O3/c1-3-14-8-10-15(11-9-14)28-23(30)19(22(29)26-24(28)31)21-20-17(12-13-27(21)2)16-6-4-5-7-18(16)25-20/h4-11,21,25,30H,3,12-13H2,1-2H3,(H,26,29,31)/t21-/m0/s1. The first-order valence-corrected chi connectivity index (χ1v) is 10.5. The topological polar surface area (TPSA) is 94.1 Å². The Morgan fingerprint density at radius 2 is 1.81 bits per heavy atom. The van der Waals surface area contributed by atoms with Crippen LogP contribution in [-0.4, -0.2) is 38.1 Å². The van der Waals surface area contributed by atoms with E-state index in [-0.39, 0.29) is 11.4 Å². The highest BCUT2D eigenvalue weighted by Gasteiger charge is 2.34. The van der Waals surface area contributed by atoms with Crippen LogP contribution in [-0.2, 0) is 12.8 Å². The Kier molecular flexibility index (Phi) is 4.55. The molecule has 158 valence electrons. The Bertz CT molecular complexity index is 1400. The van der Waals surface area contributed by atoms with Crippen LogP contribution >= 0.6 is 0 Å². The third-order valence-electron chi connectivity index (χ3n) is 6.27. The van der Waals surface area contributed by atoms with Gasteiger partial charge >= 0.3 is 5.69 Å². The van der Waals surface area contributed by atoms with Crippen molar-refractivity contribution in [3.63, 3.8) is 0 Å². The Morgan fingerprint density at radius 1 is 1.06 bits per heavy atom. The van der Waals surface area contributed by atoms with Crippen LogP contribution < -0.4 is 11.2 Å². The number of hydrogen-bond donors (Lipinski definition) is 3. The van der Waals surface area contributed by atoms with Crippen molar-refractivity contribution >= 4 is 10.9 Å². The van der Waals surface area contributed by atoms with Crippen molar-refractivity contribution in [3.05, 3.63) is 91.8 Å². The molecule has 3 heterocycles. The SMILES string of the molecule is CCc1ccc(-n2c(O)c([C@H]3c4[nH]c5ccccc5c4CCN3C)c(=O)[nH]c2=O)cc1. The van der Waals surface area contributed by atoms with Crippen LogP contribution in [0.5, 0.6) is 5.88 Å². The number of para-hydroxylation sites is 1. The van der Waals surface area contributed by atoms with E-state index in [1.165, 1.54) is 4.57 Å². The Morgan fingerprint density at radius 3 is 2.55 bits per heavy atom. The first-order valence-electron chi connectivity index (χ1n) is 10.5. The lowest BCUT2D eigenvalue weighted by molar-refractivity contribution is 0.252. The third kappa shape index (κ3) is 3.00. The Hall–Kier alpha value is -3.58. The number of hydrogen-bond acceptors (Lipinski definition) is 4. The summed E-state index contributed by atoms with van der Waals surface area (Å²) >= 11 is 0. The van der Waals surface area contributed by atoms with Crippen LogP contribution in [0.25, 0.3) is 16.6 Å². The molecule has 2 aromatic heterocycles. The largest absolute Gasteiger partial charge is 0.494 e. The molecule has 1 aliphatic heterocycles. The number of likely N-dealkylation sites (N-methyl/N-ethyl adjacent to an activating group) is 1. The molecule has 0 fully saturated rings. The van der Waals surface area contributed by atoms with Gasteiger partial charge in [0.25, 0.3) is 5.56 Å². The van der Waals surface area contributed by atoms with E-state index in [1.54, 1.807) is 12.1 Å². The first kappa shape index (κ1) is 19.4. The molecule has 3 N–H and O–H groups in total. The zero-order valence-corrected chi connectivity index (χ0v) is 17.5. The molecule has 0 aliphatic carbocycles. The molecule has 0 saturated heterocycles. The molecule has 4 aromatic rings. The van der Waals surface area contributed by atoms with E-state index in [4.69, 9.17) is 0 Å². The predicted octanol–water partition coefficient (Wildman–Crippen LogP) is 2.85. The fourth-order valence-electron chi connectivity index (χ4n) is 4.63. The molecule has 7 nitrogen and oxygen atoms in total. The molecule has 0 amide bonds. The van der Waals surface area contributed by atoms with Gasteiger partial charge in [-0.25, -0.2) is 9.36 Å². The highest BCUT2D eigenvalue weighted by molar-refractivity contribution is 5.85. The van der Waals surface area contributed by atoms with Crippen molar-refractivity contribution in [3.8, 4) is 11.6 Å². The molecular weight excluding hydrogens is 392 g/mol. The third-order valence-corrected chi connectivity index (χ3v) is 6.27. The second-order valence-electron chi connectivity index (χ2n) is 8.05. The van der Waals surface area contributed by atoms with Gasteiger partial charge in [-0.1, -0.05) is 37.3 Å². The molecule has 0 spiro atoms. The average Bonchev–Trinajstić information content (AvgIpc) is 3.14. The summed E-state index contributed by atoms with van der Waals surface area (Å²) in [6, 6.07) is 14.9. The van der Waals surface area contributed by atoms with Gasteiger partial charge in [0.05, 0.1) is 11.7 Å². The number of nitrogens with zero attached hydrogens (tertiary/aromatic N) is 2. The first-order chi connectivity index (χ1) is 15.0. The number of aromatic hydroxyl groups is 1. The van der Waals surface area contributed by atoms with Gasteiger partial charge in [0.15, 0.2) is 0 Å². The summed E-state index contributed by atoms with van der Waals surface area (Å²) in [6.45, 7) is 2.77. The van der Waals surface area contributed by atoms with Crippen molar-refractivity contribution in [1.29, 1.82) is 0 Å². The van der Waals surface area contributed by atoms with Crippen molar-refractivity contribution in [1.82, 2.24) is 19.4 Å². The van der Waals surface area contributed by atoms with E-state index < -0.39 is 17.3 Å². The van der Waals surface area contributed by atoms with Crippen molar-refractivity contribution in [2.24, 2.45) is 0 Å². The van der Waals surface area contributed by atoms with Crippen LogP contribution in [0.4, 0.5) is 0 Å². The number of H-pyrrole nitrogens is 2. The zero-order valence-electron chi connectivity index (χ0n) is 17.5. The van der Waals surface area contributed by atoms with Gasteiger partial charge < -0.3 is 10.1 Å². The Labute approximate surface area is 178 Å². The second-order valence-corrected chi connectivity index (χ2v) is 8.05. The highest BCUT2D eigenvalue weighted by Crippen LogP contribution is 2.38. The second kappa shape index (κ2) is 7.28. The van der Waals surface area contributed by atoms with Crippen LogP contribution in [0.15, 0.2) is 58.1 Å². The smallest absolute Gasteiger partial charge is 0.335 e. The molecule has 1 atom stereocenters. The molecule has 5 rings (SSSR count). The maximum atomic E-state index is 12.9. The van der Waals surface area contributed by atoms with Crippen molar-refractivity contribution in [2.75, 3.05) is 13.6 Å². The lowest BCUT2D eigenvalue weighted by Gasteiger charge is -2.33. The van der Waals surface area contributed by atoms with Gasteiger partial charge in [-0.05, 0) is 49.2 Å². The van der Waals surface area contributed by atoms with Gasteiger partial charge in [0.2, 0.25) is 5.88 Å². The fourth-order valence-corrected chi connectivity index (χ4v) is 4.63. The maximum Gasteiger partial charge on any atom is 0.335 e. The summed E-state index contributed by atoms with van der Waals surface area (Å²) in [5.41, 5.74) is 3.56. The number of rotatable bonds is 3. The molecule has 0 radical (unpaired) electrons. The zero-order chi connectivity index (χ0) is 21.7. The summed E-state index contributed by atoms with van der Waals surface area (Å²) in [6.07, 6.45) is 1.71. The fraction of sp³-hybridized carbons (Fsp3) is 0.250. The van der Waals surface area contributed by atoms with Crippen LogP contribution in [0.2, 0.25) is 0 Å². The van der Waals surface area contributed by atoms with Gasteiger partial charge in [0.1, 0.15) is 5.56 Å². The number of fused-ring (bicyclic) bond motifs is 3.